The van der Waals surface area contributed by atoms with E-state index in [-0.39, 0.29) is 17.6 Å². The first-order valence-electron chi connectivity index (χ1n) is 7.97. The normalized spacial score (nSPS) is 12.3. The standard InChI is InChI=1S/C18H19N3O3S/c1-10(2)14(19-16(22)12-7-5-9-24-12)17(23)21-18-20-15-11(3)6-4-8-13(15)25-18/h4-10,14H,1-3H3,(H,19,22)(H,20,21,23). The second kappa shape index (κ2) is 7.06. The van der Waals surface area contributed by atoms with Crippen LogP contribution >= 0.6 is 11.3 Å². The number of carbonyl (C=O) groups excluding carboxylic acids is 2. The highest BCUT2D eigenvalue weighted by atomic mass is 32.1. The van der Waals surface area contributed by atoms with Gasteiger partial charge in [0.25, 0.3) is 5.91 Å². The molecule has 2 amide bonds. The third kappa shape index (κ3) is 3.71. The van der Waals surface area contributed by atoms with E-state index in [2.05, 4.69) is 15.6 Å². The number of amides is 2. The van der Waals surface area contributed by atoms with Gasteiger partial charge in [0.1, 0.15) is 6.04 Å². The van der Waals surface area contributed by atoms with E-state index < -0.39 is 11.9 Å². The smallest absolute Gasteiger partial charge is 0.287 e. The molecule has 1 unspecified atom stereocenters. The monoisotopic (exact) mass is 357 g/mol. The van der Waals surface area contributed by atoms with Crippen LogP contribution in [-0.2, 0) is 4.79 Å². The lowest BCUT2D eigenvalue weighted by atomic mass is 10.0. The van der Waals surface area contributed by atoms with Crippen molar-refractivity contribution in [3.63, 3.8) is 0 Å². The van der Waals surface area contributed by atoms with E-state index in [0.717, 1.165) is 15.8 Å². The molecule has 0 bridgehead atoms. The minimum absolute atomic E-state index is 0.0879. The van der Waals surface area contributed by atoms with Crippen molar-refractivity contribution >= 4 is 38.5 Å². The van der Waals surface area contributed by atoms with E-state index >= 15 is 0 Å². The van der Waals surface area contributed by atoms with Crippen molar-refractivity contribution in [2.75, 3.05) is 5.32 Å². The number of thiazole rings is 1. The Balaban J connectivity index is 1.76. The second-order valence-corrected chi connectivity index (χ2v) is 7.13. The maximum absolute atomic E-state index is 12.6. The molecule has 0 radical (unpaired) electrons. The minimum atomic E-state index is -0.689. The van der Waals surface area contributed by atoms with Gasteiger partial charge < -0.3 is 15.1 Å². The van der Waals surface area contributed by atoms with Crippen LogP contribution in [-0.4, -0.2) is 22.8 Å². The van der Waals surface area contributed by atoms with Gasteiger partial charge in [-0.1, -0.05) is 37.3 Å². The Bertz CT molecular complexity index is 900. The summed E-state index contributed by atoms with van der Waals surface area (Å²) in [7, 11) is 0. The molecular weight excluding hydrogens is 338 g/mol. The molecule has 1 atom stereocenters. The van der Waals surface area contributed by atoms with Gasteiger partial charge >= 0.3 is 0 Å². The molecule has 7 heteroatoms. The third-order valence-corrected chi connectivity index (χ3v) is 4.77. The molecule has 2 aromatic heterocycles. The molecule has 2 N–H and O–H groups in total. The van der Waals surface area contributed by atoms with Crippen LogP contribution in [0.2, 0.25) is 0 Å². The van der Waals surface area contributed by atoms with E-state index in [4.69, 9.17) is 4.42 Å². The first kappa shape index (κ1) is 17.2. The van der Waals surface area contributed by atoms with Crippen LogP contribution in [0.15, 0.2) is 41.0 Å². The third-order valence-electron chi connectivity index (χ3n) is 3.83. The molecule has 3 rings (SSSR count). The molecule has 0 spiro atoms. The van der Waals surface area contributed by atoms with Gasteiger partial charge in [-0.2, -0.15) is 0 Å². The zero-order valence-corrected chi connectivity index (χ0v) is 15.0. The number of anilines is 1. The maximum atomic E-state index is 12.6. The lowest BCUT2D eigenvalue weighted by molar-refractivity contribution is -0.118. The molecule has 25 heavy (non-hydrogen) atoms. The first-order valence-corrected chi connectivity index (χ1v) is 8.78. The number of carbonyl (C=O) groups is 2. The summed E-state index contributed by atoms with van der Waals surface area (Å²) in [6.45, 7) is 5.72. The summed E-state index contributed by atoms with van der Waals surface area (Å²) in [5.74, 6) is -0.630. The Morgan fingerprint density at radius 2 is 2.00 bits per heavy atom. The van der Waals surface area contributed by atoms with Gasteiger partial charge in [0, 0.05) is 0 Å². The average Bonchev–Trinajstić information content (AvgIpc) is 3.21. The summed E-state index contributed by atoms with van der Waals surface area (Å²) in [6.07, 6.45) is 1.42. The fourth-order valence-corrected chi connectivity index (χ4v) is 3.42. The van der Waals surface area contributed by atoms with Crippen molar-refractivity contribution in [1.82, 2.24) is 10.3 Å². The number of benzene rings is 1. The average molecular weight is 357 g/mol. The van der Waals surface area contributed by atoms with Gasteiger partial charge in [-0.05, 0) is 36.6 Å². The first-order chi connectivity index (χ1) is 12.0. The van der Waals surface area contributed by atoms with Gasteiger partial charge in [-0.15, -0.1) is 0 Å². The number of hydrogen-bond acceptors (Lipinski definition) is 5. The van der Waals surface area contributed by atoms with Gasteiger partial charge in [0.15, 0.2) is 10.9 Å². The summed E-state index contributed by atoms with van der Waals surface area (Å²) < 4.78 is 6.08. The number of fused-ring (bicyclic) bond motifs is 1. The Kier molecular flexibility index (Phi) is 4.85. The fraction of sp³-hybridized carbons (Fsp3) is 0.278. The van der Waals surface area contributed by atoms with Crippen molar-refractivity contribution in [3.8, 4) is 0 Å². The van der Waals surface area contributed by atoms with E-state index in [1.165, 1.54) is 17.6 Å². The quantitative estimate of drug-likeness (QED) is 0.731. The molecule has 3 aromatic rings. The van der Waals surface area contributed by atoms with Crippen molar-refractivity contribution < 1.29 is 14.0 Å². The number of aromatic nitrogens is 1. The fourth-order valence-electron chi connectivity index (χ4n) is 2.48. The number of rotatable bonds is 5. The predicted molar refractivity (Wildman–Crippen MR) is 97.8 cm³/mol. The van der Waals surface area contributed by atoms with Crippen LogP contribution in [0.3, 0.4) is 0 Å². The van der Waals surface area contributed by atoms with E-state index in [9.17, 15) is 9.59 Å². The summed E-state index contributed by atoms with van der Waals surface area (Å²) in [6, 6.07) is 8.40. The number of aryl methyl sites for hydroxylation is 1. The van der Waals surface area contributed by atoms with Crippen LogP contribution < -0.4 is 10.6 Å². The van der Waals surface area contributed by atoms with Crippen molar-refractivity contribution in [3.05, 3.63) is 47.9 Å². The molecule has 0 saturated heterocycles. The molecule has 2 heterocycles. The zero-order chi connectivity index (χ0) is 18.0. The Morgan fingerprint density at radius 3 is 2.64 bits per heavy atom. The highest BCUT2D eigenvalue weighted by Crippen LogP contribution is 2.28. The molecule has 0 fully saturated rings. The molecule has 0 aliphatic carbocycles. The molecule has 0 saturated carbocycles. The summed E-state index contributed by atoms with van der Waals surface area (Å²) in [5.41, 5.74) is 1.93. The molecule has 0 aliphatic rings. The van der Waals surface area contributed by atoms with Crippen LogP contribution in [0.1, 0.15) is 30.0 Å². The van der Waals surface area contributed by atoms with Gasteiger partial charge in [0.2, 0.25) is 5.91 Å². The van der Waals surface area contributed by atoms with Crippen molar-refractivity contribution in [2.45, 2.75) is 26.8 Å². The number of nitrogens with zero attached hydrogens (tertiary/aromatic N) is 1. The van der Waals surface area contributed by atoms with Crippen LogP contribution in [0.4, 0.5) is 5.13 Å². The number of hydrogen-bond donors (Lipinski definition) is 2. The number of para-hydroxylation sites is 1. The highest BCUT2D eigenvalue weighted by Gasteiger charge is 2.26. The zero-order valence-electron chi connectivity index (χ0n) is 14.2. The van der Waals surface area contributed by atoms with Crippen LogP contribution in [0.25, 0.3) is 10.2 Å². The SMILES string of the molecule is Cc1cccc2sc(NC(=O)C(NC(=O)c3ccco3)C(C)C)nc12. The van der Waals surface area contributed by atoms with Crippen LogP contribution in [0, 0.1) is 12.8 Å². The van der Waals surface area contributed by atoms with E-state index in [0.29, 0.717) is 5.13 Å². The lowest BCUT2D eigenvalue weighted by Crippen LogP contribution is -2.47. The Hall–Kier alpha value is -2.67. The topological polar surface area (TPSA) is 84.2 Å². The maximum Gasteiger partial charge on any atom is 0.287 e. The summed E-state index contributed by atoms with van der Waals surface area (Å²) in [4.78, 5) is 29.3. The van der Waals surface area contributed by atoms with E-state index in [1.807, 2.05) is 39.0 Å². The van der Waals surface area contributed by atoms with Crippen molar-refractivity contribution in [1.29, 1.82) is 0 Å². The van der Waals surface area contributed by atoms with E-state index in [1.54, 1.807) is 12.1 Å². The molecule has 6 nitrogen and oxygen atoms in total. The number of furan rings is 1. The largest absolute Gasteiger partial charge is 0.459 e. The van der Waals surface area contributed by atoms with Crippen molar-refractivity contribution in [2.24, 2.45) is 5.92 Å². The Morgan fingerprint density at radius 1 is 1.20 bits per heavy atom. The molecule has 130 valence electrons. The molecule has 0 aliphatic heterocycles. The van der Waals surface area contributed by atoms with Crippen LogP contribution in [0.5, 0.6) is 0 Å². The summed E-state index contributed by atoms with van der Waals surface area (Å²) >= 11 is 1.41. The number of nitrogens with one attached hydrogen (secondary N) is 2. The highest BCUT2D eigenvalue weighted by molar-refractivity contribution is 7.22. The van der Waals surface area contributed by atoms with Gasteiger partial charge in [0.05, 0.1) is 16.5 Å². The predicted octanol–water partition coefficient (Wildman–Crippen LogP) is 3.59. The molecule has 1 aromatic carbocycles. The summed E-state index contributed by atoms with van der Waals surface area (Å²) in [5, 5.41) is 6.05. The van der Waals surface area contributed by atoms with Gasteiger partial charge in [-0.25, -0.2) is 4.98 Å². The second-order valence-electron chi connectivity index (χ2n) is 6.10. The van der Waals surface area contributed by atoms with Gasteiger partial charge in [-0.3, -0.25) is 9.59 Å². The molecular formula is C18H19N3O3S. The minimum Gasteiger partial charge on any atom is -0.459 e. The Labute approximate surface area is 149 Å². The lowest BCUT2D eigenvalue weighted by Gasteiger charge is -2.20.